The summed E-state index contributed by atoms with van der Waals surface area (Å²) in [6, 6.07) is 9.61. The number of thiophene rings is 1. The first kappa shape index (κ1) is 14.1. The number of imidazole rings is 1. The van der Waals surface area contributed by atoms with Gasteiger partial charge >= 0.3 is 0 Å². The maximum atomic E-state index is 6.47. The Labute approximate surface area is 146 Å². The molecular weight excluding hydrogens is 338 g/mol. The van der Waals surface area contributed by atoms with Gasteiger partial charge in [-0.1, -0.05) is 6.07 Å². The van der Waals surface area contributed by atoms with E-state index < -0.39 is 5.72 Å². The molecule has 0 saturated carbocycles. The molecule has 0 spiro atoms. The van der Waals surface area contributed by atoms with Crippen molar-refractivity contribution >= 4 is 22.8 Å². The van der Waals surface area contributed by atoms with E-state index in [1.165, 1.54) is 0 Å². The van der Waals surface area contributed by atoms with E-state index in [1.807, 2.05) is 35.7 Å². The lowest BCUT2D eigenvalue weighted by atomic mass is 10.1. The molecule has 7 nitrogen and oxygen atoms in total. The van der Waals surface area contributed by atoms with Crippen molar-refractivity contribution in [1.82, 2.24) is 25.5 Å². The fourth-order valence-electron chi connectivity index (χ4n) is 2.91. The Morgan fingerprint density at radius 2 is 2.12 bits per heavy atom. The Morgan fingerprint density at radius 1 is 1.12 bits per heavy atom. The van der Waals surface area contributed by atoms with Gasteiger partial charge in [-0.05, 0) is 29.6 Å². The Hall–Kier alpha value is -3.26. The number of furan rings is 1. The molecule has 0 amide bonds. The van der Waals surface area contributed by atoms with Crippen molar-refractivity contribution < 1.29 is 9.15 Å². The second-order valence-corrected chi connectivity index (χ2v) is 6.42. The van der Waals surface area contributed by atoms with Crippen molar-refractivity contribution in [2.24, 2.45) is 0 Å². The Kier molecular flexibility index (Phi) is 3.04. The van der Waals surface area contributed by atoms with Crippen LogP contribution in [0.2, 0.25) is 0 Å². The molecule has 4 aromatic heterocycles. The average Bonchev–Trinajstić information content (AvgIpc) is 3.49. The van der Waals surface area contributed by atoms with E-state index in [9.17, 15) is 0 Å². The maximum absolute atomic E-state index is 6.47. The van der Waals surface area contributed by atoms with E-state index >= 15 is 0 Å². The highest BCUT2D eigenvalue weighted by molar-refractivity contribution is 7.10. The third-order valence-electron chi connectivity index (χ3n) is 4.01. The van der Waals surface area contributed by atoms with E-state index in [2.05, 4.69) is 25.5 Å². The number of nitrogens with zero attached hydrogens (tertiary/aromatic N) is 2. The zero-order chi connectivity index (χ0) is 16.7. The number of rotatable bonds is 4. The lowest BCUT2D eigenvalue weighted by molar-refractivity contribution is 0.0778. The molecule has 3 N–H and O–H groups in total. The van der Waals surface area contributed by atoms with Gasteiger partial charge in [-0.2, -0.15) is 5.10 Å². The van der Waals surface area contributed by atoms with Gasteiger partial charge in [-0.15, -0.1) is 11.3 Å². The SMILES string of the molecule is c1coc(C2=C(c3ncc[nH]3)OC(c3ccn[nH]3)(c3cccs3)N2)c1. The van der Waals surface area contributed by atoms with Gasteiger partial charge in [0.05, 0.1) is 11.1 Å². The molecule has 1 atom stereocenters. The zero-order valence-corrected chi connectivity index (χ0v) is 13.7. The third kappa shape index (κ3) is 2.11. The molecule has 25 heavy (non-hydrogen) atoms. The van der Waals surface area contributed by atoms with E-state index in [1.54, 1.807) is 36.2 Å². The molecule has 4 aromatic rings. The van der Waals surface area contributed by atoms with Crippen LogP contribution in [0.15, 0.2) is 65.0 Å². The smallest absolute Gasteiger partial charge is 0.259 e. The molecule has 5 rings (SSSR count). The summed E-state index contributed by atoms with van der Waals surface area (Å²) in [5, 5.41) is 12.6. The van der Waals surface area contributed by atoms with Gasteiger partial charge in [0.25, 0.3) is 5.72 Å². The first-order valence-electron chi connectivity index (χ1n) is 7.66. The second-order valence-electron chi connectivity index (χ2n) is 5.48. The van der Waals surface area contributed by atoms with Gasteiger partial charge in [0.1, 0.15) is 11.4 Å². The van der Waals surface area contributed by atoms with Crippen molar-refractivity contribution in [1.29, 1.82) is 0 Å². The van der Waals surface area contributed by atoms with Crippen LogP contribution in [0.1, 0.15) is 22.2 Å². The van der Waals surface area contributed by atoms with E-state index in [4.69, 9.17) is 9.15 Å². The van der Waals surface area contributed by atoms with Gasteiger partial charge in [-0.25, -0.2) is 4.98 Å². The minimum atomic E-state index is -0.922. The summed E-state index contributed by atoms with van der Waals surface area (Å²) < 4.78 is 12.1. The molecule has 0 aromatic carbocycles. The van der Waals surface area contributed by atoms with Crippen molar-refractivity contribution in [2.45, 2.75) is 5.72 Å². The Bertz CT molecular complexity index is 904. The monoisotopic (exact) mass is 351 g/mol. The Morgan fingerprint density at radius 3 is 2.80 bits per heavy atom. The van der Waals surface area contributed by atoms with Crippen molar-refractivity contribution in [3.05, 3.63) is 82.7 Å². The van der Waals surface area contributed by atoms with Crippen LogP contribution in [-0.4, -0.2) is 20.2 Å². The van der Waals surface area contributed by atoms with E-state index in [0.717, 1.165) is 16.3 Å². The molecule has 0 bridgehead atoms. The standard InChI is InChI=1S/C17H13N5O2S/c1-3-11(23-9-1)14-15(16-18-7-8-19-16)24-17(21-14,12-5-6-20-22-12)13-4-2-10-25-13/h1-10,21H,(H,18,19)(H,20,22). The number of aromatic amines is 2. The van der Waals surface area contributed by atoms with E-state index in [-0.39, 0.29) is 0 Å². The first-order valence-corrected chi connectivity index (χ1v) is 8.54. The van der Waals surface area contributed by atoms with Crippen LogP contribution in [0.4, 0.5) is 0 Å². The van der Waals surface area contributed by atoms with Crippen LogP contribution >= 0.6 is 11.3 Å². The predicted octanol–water partition coefficient (Wildman–Crippen LogP) is 3.13. The van der Waals surface area contributed by atoms with Gasteiger partial charge in [-0.3, -0.25) is 5.10 Å². The largest absolute Gasteiger partial charge is 0.463 e. The highest BCUT2D eigenvalue weighted by Gasteiger charge is 2.47. The third-order valence-corrected chi connectivity index (χ3v) is 4.98. The zero-order valence-electron chi connectivity index (χ0n) is 12.9. The van der Waals surface area contributed by atoms with E-state index in [0.29, 0.717) is 17.3 Å². The molecule has 124 valence electrons. The number of nitrogens with one attached hydrogen (secondary N) is 3. The Balaban J connectivity index is 1.70. The average molecular weight is 351 g/mol. The summed E-state index contributed by atoms with van der Waals surface area (Å²) in [6.07, 6.45) is 6.78. The molecule has 1 aliphatic rings. The lowest BCUT2D eigenvalue weighted by Crippen LogP contribution is -2.39. The van der Waals surface area contributed by atoms with Gasteiger partial charge in [0.2, 0.25) is 0 Å². The van der Waals surface area contributed by atoms with Crippen molar-refractivity contribution in [3.63, 3.8) is 0 Å². The van der Waals surface area contributed by atoms with Gasteiger partial charge < -0.3 is 19.5 Å². The molecular formula is C17H13N5O2S. The number of ether oxygens (including phenoxy) is 1. The minimum absolute atomic E-state index is 0.586. The molecule has 0 fully saturated rings. The number of hydrogen-bond acceptors (Lipinski definition) is 6. The summed E-state index contributed by atoms with van der Waals surface area (Å²) in [5.74, 6) is 1.88. The maximum Gasteiger partial charge on any atom is 0.259 e. The highest BCUT2D eigenvalue weighted by Crippen LogP contribution is 2.45. The number of hydrogen-bond donors (Lipinski definition) is 3. The number of aromatic nitrogens is 4. The summed E-state index contributed by atoms with van der Waals surface area (Å²) in [6.45, 7) is 0. The van der Waals surface area contributed by atoms with Crippen LogP contribution in [0.25, 0.3) is 11.5 Å². The van der Waals surface area contributed by atoms with Crippen molar-refractivity contribution in [3.8, 4) is 0 Å². The molecule has 1 aliphatic heterocycles. The molecule has 0 aliphatic carbocycles. The van der Waals surface area contributed by atoms with Gasteiger partial charge in [0.15, 0.2) is 17.3 Å². The van der Waals surface area contributed by atoms with Crippen LogP contribution in [0.3, 0.4) is 0 Å². The number of H-pyrrole nitrogens is 2. The normalized spacial score (nSPS) is 19.8. The van der Waals surface area contributed by atoms with Crippen molar-refractivity contribution in [2.75, 3.05) is 0 Å². The second kappa shape index (κ2) is 5.38. The molecule has 0 radical (unpaired) electrons. The first-order chi connectivity index (χ1) is 12.4. The fraction of sp³-hybridized carbons (Fsp3) is 0.0588. The summed E-state index contributed by atoms with van der Waals surface area (Å²) >= 11 is 1.59. The molecule has 1 unspecified atom stereocenters. The predicted molar refractivity (Wildman–Crippen MR) is 92.0 cm³/mol. The summed E-state index contributed by atoms with van der Waals surface area (Å²) in [4.78, 5) is 8.43. The quantitative estimate of drug-likeness (QED) is 0.525. The summed E-state index contributed by atoms with van der Waals surface area (Å²) in [5.41, 5.74) is 0.595. The van der Waals surface area contributed by atoms with Gasteiger partial charge in [0, 0.05) is 18.6 Å². The van der Waals surface area contributed by atoms with Crippen LogP contribution in [-0.2, 0) is 10.5 Å². The summed E-state index contributed by atoms with van der Waals surface area (Å²) in [7, 11) is 0. The lowest BCUT2D eigenvalue weighted by Gasteiger charge is -2.27. The fourth-order valence-corrected chi connectivity index (χ4v) is 3.74. The van der Waals surface area contributed by atoms with Crippen LogP contribution in [0.5, 0.6) is 0 Å². The van der Waals surface area contributed by atoms with Crippen LogP contribution in [0, 0.1) is 0 Å². The van der Waals surface area contributed by atoms with Crippen LogP contribution < -0.4 is 5.32 Å². The highest BCUT2D eigenvalue weighted by atomic mass is 32.1. The molecule has 8 heteroatoms. The minimum Gasteiger partial charge on any atom is -0.463 e. The topological polar surface area (TPSA) is 91.8 Å². The molecule has 5 heterocycles. The molecule has 0 saturated heterocycles.